The van der Waals surface area contributed by atoms with Crippen molar-refractivity contribution in [1.82, 2.24) is 0 Å². The van der Waals surface area contributed by atoms with Gasteiger partial charge in [0.2, 0.25) is 0 Å². The Balaban J connectivity index is 0.00000169. The van der Waals surface area contributed by atoms with Crippen LogP contribution < -0.4 is 0 Å². The van der Waals surface area contributed by atoms with Crippen LogP contribution in [-0.2, 0) is 5.41 Å². The van der Waals surface area contributed by atoms with E-state index >= 15 is 0 Å². The number of hydrogen-bond acceptors (Lipinski definition) is 0. The van der Waals surface area contributed by atoms with E-state index in [4.69, 9.17) is 23.2 Å². The summed E-state index contributed by atoms with van der Waals surface area (Å²) >= 11 is 11.8. The number of hydrogen-bond donors (Lipinski definition) is 0. The molecule has 0 unspecified atom stereocenters. The van der Waals surface area contributed by atoms with Gasteiger partial charge in [0.25, 0.3) is 0 Å². The number of halogens is 3. The monoisotopic (exact) mass is 236 g/mol. The summed E-state index contributed by atoms with van der Waals surface area (Å²) in [6.07, 6.45) is 0. The zero-order valence-electron chi connectivity index (χ0n) is 7.79. The molecule has 0 spiro atoms. The fraction of sp³-hybridized carbons (Fsp3) is 0.455. The Kier molecular flexibility index (Phi) is 4.41. The molecule has 0 atom stereocenters. The van der Waals surface area contributed by atoms with Gasteiger partial charge >= 0.3 is 0 Å². The Morgan fingerprint density at radius 3 is 1.71 bits per heavy atom. The number of benzene rings is 1. The van der Waals surface area contributed by atoms with Crippen molar-refractivity contribution < 1.29 is 4.39 Å². The average molecular weight is 237 g/mol. The molecule has 0 radical (unpaired) electrons. The Morgan fingerprint density at radius 2 is 1.43 bits per heavy atom. The van der Waals surface area contributed by atoms with Gasteiger partial charge in [-0.25, -0.2) is 4.39 Å². The Bertz CT molecular complexity index is 304. The Morgan fingerprint density at radius 1 is 1.07 bits per heavy atom. The van der Waals surface area contributed by atoms with E-state index in [-0.39, 0.29) is 12.8 Å². The summed E-state index contributed by atoms with van der Waals surface area (Å²) in [5.74, 6) is -0.400. The van der Waals surface area contributed by atoms with E-state index < -0.39 is 5.82 Å². The molecule has 0 bridgehead atoms. The van der Waals surface area contributed by atoms with Crippen LogP contribution in [0.15, 0.2) is 12.1 Å². The first kappa shape index (κ1) is 13.7. The molecular weight excluding hydrogens is 222 g/mol. The summed E-state index contributed by atoms with van der Waals surface area (Å²) in [5.41, 5.74) is 0.624. The van der Waals surface area contributed by atoms with Gasteiger partial charge in [-0.1, -0.05) is 51.4 Å². The second-order valence-electron chi connectivity index (χ2n) is 3.99. The van der Waals surface area contributed by atoms with Gasteiger partial charge in [-0.15, -0.1) is 0 Å². The fourth-order valence-corrected chi connectivity index (χ4v) is 2.29. The van der Waals surface area contributed by atoms with E-state index in [9.17, 15) is 4.39 Å². The molecule has 0 N–H and O–H groups in total. The third-order valence-electron chi connectivity index (χ3n) is 1.76. The third-order valence-corrected chi connectivity index (χ3v) is 2.35. The second-order valence-corrected chi connectivity index (χ2v) is 4.81. The Hall–Kier alpha value is -0.270. The van der Waals surface area contributed by atoms with Crippen molar-refractivity contribution in [2.24, 2.45) is 0 Å². The fourth-order valence-electron chi connectivity index (χ4n) is 1.26. The average Bonchev–Trinajstić information content (AvgIpc) is 1.78. The van der Waals surface area contributed by atoms with Gasteiger partial charge in [-0.05, 0) is 23.1 Å². The van der Waals surface area contributed by atoms with Gasteiger partial charge in [0, 0.05) is 10.0 Å². The van der Waals surface area contributed by atoms with Crippen molar-refractivity contribution in [3.8, 4) is 0 Å². The van der Waals surface area contributed by atoms with Crippen LogP contribution in [-0.4, -0.2) is 0 Å². The van der Waals surface area contributed by atoms with Gasteiger partial charge < -0.3 is 0 Å². The molecule has 80 valence electrons. The van der Waals surface area contributed by atoms with Crippen molar-refractivity contribution in [2.45, 2.75) is 33.6 Å². The summed E-state index contributed by atoms with van der Waals surface area (Å²) < 4.78 is 12.8. The normalized spacial score (nSPS) is 11.0. The lowest BCUT2D eigenvalue weighted by Gasteiger charge is -2.21. The number of rotatable bonds is 0. The summed E-state index contributed by atoms with van der Waals surface area (Å²) in [7, 11) is 0. The minimum absolute atomic E-state index is 0. The van der Waals surface area contributed by atoms with Gasteiger partial charge in [0.1, 0.15) is 5.82 Å². The van der Waals surface area contributed by atoms with Gasteiger partial charge in [-0.2, -0.15) is 0 Å². The maximum atomic E-state index is 12.8. The van der Waals surface area contributed by atoms with Crippen LogP contribution in [0.4, 0.5) is 4.39 Å². The van der Waals surface area contributed by atoms with Crippen LogP contribution in [0.1, 0.15) is 33.8 Å². The summed E-state index contributed by atoms with van der Waals surface area (Å²) in [6.45, 7) is 5.95. The van der Waals surface area contributed by atoms with E-state index in [0.717, 1.165) is 5.56 Å². The highest BCUT2D eigenvalue weighted by molar-refractivity contribution is 6.36. The van der Waals surface area contributed by atoms with Crippen LogP contribution in [0.25, 0.3) is 0 Å². The summed E-state index contributed by atoms with van der Waals surface area (Å²) in [4.78, 5) is 0. The molecule has 3 heteroatoms. The molecule has 14 heavy (non-hydrogen) atoms. The van der Waals surface area contributed by atoms with Crippen molar-refractivity contribution >= 4 is 23.2 Å². The first-order valence-corrected chi connectivity index (χ1v) is 4.73. The van der Waals surface area contributed by atoms with Crippen molar-refractivity contribution in [1.29, 1.82) is 0 Å². The maximum Gasteiger partial charge on any atom is 0.126 e. The van der Waals surface area contributed by atoms with Crippen LogP contribution in [0, 0.1) is 5.82 Å². The lowest BCUT2D eigenvalue weighted by atomic mass is 9.87. The molecule has 0 amide bonds. The molecule has 1 aromatic carbocycles. The van der Waals surface area contributed by atoms with Crippen molar-refractivity contribution in [2.75, 3.05) is 0 Å². The molecule has 1 aromatic rings. The zero-order chi connectivity index (χ0) is 10.2. The molecule has 0 aliphatic heterocycles. The van der Waals surface area contributed by atoms with Gasteiger partial charge in [0.15, 0.2) is 0 Å². The van der Waals surface area contributed by atoms with Crippen molar-refractivity contribution in [3.05, 3.63) is 33.6 Å². The Labute approximate surface area is 95.0 Å². The smallest absolute Gasteiger partial charge is 0.126 e. The molecule has 1 rings (SSSR count). The van der Waals surface area contributed by atoms with E-state index in [2.05, 4.69) is 0 Å². The SMILES string of the molecule is C.CC(C)(C)c1c(Cl)cc(F)cc1Cl. The van der Waals surface area contributed by atoms with E-state index in [1.807, 2.05) is 20.8 Å². The predicted octanol–water partition coefficient (Wildman–Crippen LogP) is 5.07. The molecule has 0 heterocycles. The standard InChI is InChI=1S/C10H11Cl2F.CH4/c1-10(2,3)9-7(11)4-6(13)5-8(9)12;/h4-5H,1-3H3;1H4. The van der Waals surface area contributed by atoms with Gasteiger partial charge in [-0.3, -0.25) is 0 Å². The summed E-state index contributed by atoms with van der Waals surface area (Å²) in [5, 5.41) is 0.773. The maximum absolute atomic E-state index is 12.8. The molecule has 0 saturated carbocycles. The first-order chi connectivity index (χ1) is 5.82. The second kappa shape index (κ2) is 4.50. The van der Waals surface area contributed by atoms with E-state index in [1.165, 1.54) is 12.1 Å². The van der Waals surface area contributed by atoms with E-state index in [1.54, 1.807) is 0 Å². The highest BCUT2D eigenvalue weighted by Gasteiger charge is 2.21. The molecule has 0 aliphatic rings. The highest BCUT2D eigenvalue weighted by Crippen LogP contribution is 2.35. The quantitative estimate of drug-likeness (QED) is 0.591. The zero-order valence-corrected chi connectivity index (χ0v) is 9.30. The highest BCUT2D eigenvalue weighted by atomic mass is 35.5. The van der Waals surface area contributed by atoms with Crippen LogP contribution >= 0.6 is 23.2 Å². The van der Waals surface area contributed by atoms with Gasteiger partial charge in [0.05, 0.1) is 0 Å². The molecule has 0 fully saturated rings. The van der Waals surface area contributed by atoms with Crippen LogP contribution in [0.3, 0.4) is 0 Å². The first-order valence-electron chi connectivity index (χ1n) is 3.97. The third kappa shape index (κ3) is 2.86. The predicted molar refractivity (Wildman–Crippen MR) is 61.9 cm³/mol. The summed E-state index contributed by atoms with van der Waals surface area (Å²) in [6, 6.07) is 2.57. The topological polar surface area (TPSA) is 0 Å². The molecule has 0 aromatic heterocycles. The van der Waals surface area contributed by atoms with Crippen molar-refractivity contribution in [3.63, 3.8) is 0 Å². The molecule has 0 nitrogen and oxygen atoms in total. The largest absolute Gasteiger partial charge is 0.207 e. The van der Waals surface area contributed by atoms with Crippen LogP contribution in [0.2, 0.25) is 10.0 Å². The lowest BCUT2D eigenvalue weighted by Crippen LogP contribution is -2.12. The lowest BCUT2D eigenvalue weighted by molar-refractivity contribution is 0.583. The molecule has 0 aliphatic carbocycles. The van der Waals surface area contributed by atoms with E-state index in [0.29, 0.717) is 10.0 Å². The minimum Gasteiger partial charge on any atom is -0.207 e. The van der Waals surface area contributed by atoms with Crippen LogP contribution in [0.5, 0.6) is 0 Å². The minimum atomic E-state index is -0.400. The molecule has 0 saturated heterocycles. The molecular formula is C11H15Cl2F.